The second kappa shape index (κ2) is 10.9. The van der Waals surface area contributed by atoms with Crippen LogP contribution in [0.4, 0.5) is 0 Å². The molecule has 0 radical (unpaired) electrons. The number of fused-ring (bicyclic) bond motifs is 1. The molecule has 1 amide bonds. The summed E-state index contributed by atoms with van der Waals surface area (Å²) in [6, 6.07) is 9.34. The third-order valence-corrected chi connectivity index (χ3v) is 9.05. The largest absolute Gasteiger partial charge is 0.380 e. The molecule has 0 saturated carbocycles. The van der Waals surface area contributed by atoms with E-state index in [9.17, 15) is 13.2 Å². The zero-order valence-electron chi connectivity index (χ0n) is 18.4. The van der Waals surface area contributed by atoms with Crippen LogP contribution >= 0.6 is 34.5 Å². The van der Waals surface area contributed by atoms with Crippen molar-refractivity contribution in [3.8, 4) is 0 Å². The normalized spacial score (nSPS) is 15.8. The number of amides is 1. The fourth-order valence-electron chi connectivity index (χ4n) is 3.55. The van der Waals surface area contributed by atoms with Crippen molar-refractivity contribution in [3.63, 3.8) is 0 Å². The van der Waals surface area contributed by atoms with Gasteiger partial charge >= 0.3 is 0 Å². The summed E-state index contributed by atoms with van der Waals surface area (Å²) in [5.74, 6) is -0.491. The van der Waals surface area contributed by atoms with Crippen LogP contribution < -0.4 is 4.80 Å². The topological polar surface area (TPSA) is 90.2 Å². The van der Waals surface area contributed by atoms with E-state index in [1.165, 1.54) is 39.9 Å². The van der Waals surface area contributed by atoms with Gasteiger partial charge in [-0.2, -0.15) is 9.30 Å². The molecule has 3 aromatic rings. The van der Waals surface area contributed by atoms with Gasteiger partial charge in [0.25, 0.3) is 5.91 Å². The lowest BCUT2D eigenvalue weighted by Crippen LogP contribution is -2.40. The quantitative estimate of drug-likeness (QED) is 0.422. The minimum atomic E-state index is -3.64. The van der Waals surface area contributed by atoms with Crippen LogP contribution in [0.2, 0.25) is 10.0 Å². The Hall–Kier alpha value is -1.79. The number of thiazole rings is 1. The lowest BCUT2D eigenvalue weighted by atomic mass is 10.2. The molecule has 182 valence electrons. The SMILES string of the molecule is CCOCCn1c(=NC(=O)c2ccc(S(=O)(=O)N3CCOCC3)cc2)sc2ccc(Cl)c(Cl)c21. The lowest BCUT2D eigenvalue weighted by Gasteiger charge is -2.26. The first-order valence-corrected chi connectivity index (χ1v) is 13.7. The van der Waals surface area contributed by atoms with Gasteiger partial charge in [0.1, 0.15) is 0 Å². The van der Waals surface area contributed by atoms with Crippen LogP contribution in [0, 0.1) is 0 Å². The molecular weight excluding hydrogens is 521 g/mol. The summed E-state index contributed by atoms with van der Waals surface area (Å²) in [5, 5.41) is 0.797. The summed E-state index contributed by atoms with van der Waals surface area (Å²) < 4.78 is 40.4. The molecule has 0 spiro atoms. The van der Waals surface area contributed by atoms with Gasteiger partial charge in [0, 0.05) is 31.8 Å². The van der Waals surface area contributed by atoms with E-state index in [1.54, 1.807) is 6.07 Å². The minimum absolute atomic E-state index is 0.126. The summed E-state index contributed by atoms with van der Waals surface area (Å²) in [5.41, 5.74) is 0.969. The Morgan fingerprint density at radius 1 is 1.15 bits per heavy atom. The molecule has 1 aliphatic heterocycles. The van der Waals surface area contributed by atoms with Gasteiger partial charge in [-0.25, -0.2) is 8.42 Å². The molecule has 34 heavy (non-hydrogen) atoms. The lowest BCUT2D eigenvalue weighted by molar-refractivity contribution is 0.0730. The fraction of sp³-hybridized carbons (Fsp3) is 0.364. The number of sulfonamides is 1. The van der Waals surface area contributed by atoms with Crippen LogP contribution in [0.1, 0.15) is 17.3 Å². The highest BCUT2D eigenvalue weighted by Crippen LogP contribution is 2.32. The van der Waals surface area contributed by atoms with E-state index >= 15 is 0 Å². The first kappa shape index (κ1) is 25.3. The number of morpholine rings is 1. The van der Waals surface area contributed by atoms with Crippen molar-refractivity contribution in [1.29, 1.82) is 0 Å². The van der Waals surface area contributed by atoms with Crippen molar-refractivity contribution in [2.24, 2.45) is 4.99 Å². The van der Waals surface area contributed by atoms with Crippen LogP contribution in [0.5, 0.6) is 0 Å². The smallest absolute Gasteiger partial charge is 0.279 e. The molecule has 4 rings (SSSR count). The predicted molar refractivity (Wildman–Crippen MR) is 132 cm³/mol. The molecule has 0 N–H and O–H groups in total. The van der Waals surface area contributed by atoms with Gasteiger partial charge in [0.15, 0.2) is 4.80 Å². The van der Waals surface area contributed by atoms with Gasteiger partial charge in [-0.05, 0) is 43.3 Å². The van der Waals surface area contributed by atoms with Gasteiger partial charge in [-0.1, -0.05) is 34.5 Å². The zero-order valence-corrected chi connectivity index (χ0v) is 21.5. The number of carbonyl (C=O) groups is 1. The average Bonchev–Trinajstić information content (AvgIpc) is 3.20. The molecule has 8 nitrogen and oxygen atoms in total. The second-order valence-electron chi connectivity index (χ2n) is 7.40. The van der Waals surface area contributed by atoms with Crippen LogP contribution in [0.15, 0.2) is 46.3 Å². The van der Waals surface area contributed by atoms with E-state index in [4.69, 9.17) is 32.7 Å². The van der Waals surface area contributed by atoms with Crippen LogP contribution in [0.25, 0.3) is 10.2 Å². The number of nitrogens with zero attached hydrogens (tertiary/aromatic N) is 3. The molecule has 2 heterocycles. The summed E-state index contributed by atoms with van der Waals surface area (Å²) in [6.45, 7) is 4.65. The molecule has 0 atom stereocenters. The first-order chi connectivity index (χ1) is 16.3. The third kappa shape index (κ3) is 5.23. The van der Waals surface area contributed by atoms with Gasteiger partial charge in [0.2, 0.25) is 10.0 Å². The van der Waals surface area contributed by atoms with Crippen molar-refractivity contribution in [3.05, 3.63) is 56.8 Å². The number of hydrogen-bond donors (Lipinski definition) is 0. The fourth-order valence-corrected chi connectivity index (χ4v) is 6.50. The van der Waals surface area contributed by atoms with Crippen molar-refractivity contribution < 1.29 is 22.7 Å². The molecule has 0 bridgehead atoms. The van der Waals surface area contributed by atoms with Gasteiger partial charge in [-0.3, -0.25) is 4.79 Å². The molecule has 1 fully saturated rings. The Morgan fingerprint density at radius 2 is 1.85 bits per heavy atom. The van der Waals surface area contributed by atoms with E-state index in [0.717, 1.165) is 4.70 Å². The summed E-state index contributed by atoms with van der Waals surface area (Å²) in [7, 11) is -3.64. The molecular formula is C22H23Cl2N3O5S2. The highest BCUT2D eigenvalue weighted by Gasteiger charge is 2.26. The van der Waals surface area contributed by atoms with Gasteiger partial charge < -0.3 is 14.0 Å². The summed E-state index contributed by atoms with van der Waals surface area (Å²) in [6.07, 6.45) is 0. The summed E-state index contributed by atoms with van der Waals surface area (Å²) in [4.78, 5) is 17.8. The molecule has 1 aromatic heterocycles. The van der Waals surface area contributed by atoms with Crippen molar-refractivity contribution >= 4 is 60.7 Å². The molecule has 1 aliphatic rings. The standard InChI is InChI=1S/C22H23Cl2N3O5S2/c1-2-31-14-11-27-20-18(8-7-17(23)19(20)24)33-22(27)25-21(28)15-3-5-16(6-4-15)34(29,30)26-9-12-32-13-10-26/h3-8H,2,9-14H2,1H3. The molecule has 0 unspecified atom stereocenters. The highest BCUT2D eigenvalue weighted by molar-refractivity contribution is 7.89. The first-order valence-electron chi connectivity index (χ1n) is 10.6. The Bertz CT molecular complexity index is 1360. The van der Waals surface area contributed by atoms with Crippen LogP contribution in [-0.2, 0) is 26.0 Å². The number of benzene rings is 2. The molecule has 2 aromatic carbocycles. The van der Waals surface area contributed by atoms with E-state index in [1.807, 2.05) is 17.6 Å². The number of carbonyl (C=O) groups excluding carboxylic acids is 1. The molecule has 1 saturated heterocycles. The second-order valence-corrected chi connectivity index (χ2v) is 11.1. The minimum Gasteiger partial charge on any atom is -0.380 e. The Labute approximate surface area is 211 Å². The van der Waals surface area contributed by atoms with Crippen molar-refractivity contribution in [1.82, 2.24) is 8.87 Å². The van der Waals surface area contributed by atoms with Gasteiger partial charge in [-0.15, -0.1) is 0 Å². The predicted octanol–water partition coefficient (Wildman–Crippen LogP) is 3.81. The highest BCUT2D eigenvalue weighted by atomic mass is 35.5. The van der Waals surface area contributed by atoms with Crippen LogP contribution in [0.3, 0.4) is 0 Å². The van der Waals surface area contributed by atoms with Crippen molar-refractivity contribution in [2.45, 2.75) is 18.4 Å². The maximum Gasteiger partial charge on any atom is 0.279 e. The molecule has 0 aliphatic carbocycles. The average molecular weight is 544 g/mol. The Balaban J connectivity index is 1.66. The van der Waals surface area contributed by atoms with Gasteiger partial charge in [0.05, 0.1) is 45.0 Å². The van der Waals surface area contributed by atoms with E-state index in [-0.39, 0.29) is 10.5 Å². The van der Waals surface area contributed by atoms with Crippen LogP contribution in [-0.4, -0.2) is 62.7 Å². The monoisotopic (exact) mass is 543 g/mol. The Morgan fingerprint density at radius 3 is 2.53 bits per heavy atom. The Kier molecular flexibility index (Phi) is 8.08. The van der Waals surface area contributed by atoms with E-state index in [2.05, 4.69) is 4.99 Å². The van der Waals surface area contributed by atoms with Crippen molar-refractivity contribution in [2.75, 3.05) is 39.5 Å². The number of hydrogen-bond acceptors (Lipinski definition) is 6. The number of halogens is 2. The summed E-state index contributed by atoms with van der Waals surface area (Å²) >= 11 is 14.0. The third-order valence-electron chi connectivity index (χ3n) is 5.30. The zero-order chi connectivity index (χ0) is 24.3. The molecule has 12 heteroatoms. The van der Waals surface area contributed by atoms with E-state index in [0.29, 0.717) is 66.4 Å². The number of aromatic nitrogens is 1. The number of rotatable bonds is 7. The maximum atomic E-state index is 12.9. The number of ether oxygens (including phenoxy) is 2. The van der Waals surface area contributed by atoms with E-state index < -0.39 is 15.9 Å². The maximum absolute atomic E-state index is 12.9.